The van der Waals surface area contributed by atoms with Crippen LogP contribution in [0.5, 0.6) is 11.6 Å². The SMILES string of the molecule is CC(Oc1nc2ccc(Cl)cc2c(-c2ccccc2)c1OC(=O)O)C(F)(F)F. The molecule has 1 unspecified atom stereocenters. The molecule has 0 spiro atoms. The zero-order valence-electron chi connectivity index (χ0n) is 14.3. The Kier molecular flexibility index (Phi) is 5.33. The van der Waals surface area contributed by atoms with E-state index in [2.05, 4.69) is 4.98 Å². The van der Waals surface area contributed by atoms with E-state index in [0.717, 1.165) is 6.92 Å². The van der Waals surface area contributed by atoms with Crippen LogP contribution in [0.15, 0.2) is 48.5 Å². The summed E-state index contributed by atoms with van der Waals surface area (Å²) in [5, 5.41) is 9.87. The van der Waals surface area contributed by atoms with Crippen molar-refractivity contribution >= 4 is 28.7 Å². The molecule has 0 fully saturated rings. The number of aromatic nitrogens is 1. The summed E-state index contributed by atoms with van der Waals surface area (Å²) < 4.78 is 48.7. The molecule has 0 aliphatic carbocycles. The first kappa shape index (κ1) is 19.8. The predicted molar refractivity (Wildman–Crippen MR) is 97.0 cm³/mol. The second kappa shape index (κ2) is 7.55. The number of hydrogen-bond acceptors (Lipinski definition) is 4. The monoisotopic (exact) mass is 411 g/mol. The molecule has 0 aliphatic heterocycles. The van der Waals surface area contributed by atoms with Crippen molar-refractivity contribution in [3.8, 4) is 22.8 Å². The fourth-order valence-electron chi connectivity index (χ4n) is 2.58. The van der Waals surface area contributed by atoms with E-state index in [0.29, 0.717) is 16.0 Å². The van der Waals surface area contributed by atoms with Gasteiger partial charge in [0.25, 0.3) is 5.88 Å². The topological polar surface area (TPSA) is 68.7 Å². The van der Waals surface area contributed by atoms with E-state index in [-0.39, 0.29) is 11.1 Å². The van der Waals surface area contributed by atoms with Crippen molar-refractivity contribution in [2.75, 3.05) is 0 Å². The Morgan fingerprint density at radius 1 is 1.18 bits per heavy atom. The highest BCUT2D eigenvalue weighted by Crippen LogP contribution is 2.44. The molecule has 3 aromatic rings. The maximum Gasteiger partial charge on any atom is 0.511 e. The van der Waals surface area contributed by atoms with Gasteiger partial charge in [0, 0.05) is 16.0 Å². The van der Waals surface area contributed by atoms with Crippen molar-refractivity contribution in [3.63, 3.8) is 0 Å². The quantitative estimate of drug-likeness (QED) is 0.538. The molecule has 1 N–H and O–H groups in total. The van der Waals surface area contributed by atoms with Crippen LogP contribution in [0.2, 0.25) is 5.02 Å². The van der Waals surface area contributed by atoms with Crippen LogP contribution in [0.4, 0.5) is 18.0 Å². The highest BCUT2D eigenvalue weighted by atomic mass is 35.5. The van der Waals surface area contributed by atoms with Gasteiger partial charge >= 0.3 is 12.3 Å². The molecule has 1 heterocycles. The van der Waals surface area contributed by atoms with E-state index in [4.69, 9.17) is 26.2 Å². The van der Waals surface area contributed by atoms with Crippen molar-refractivity contribution in [1.82, 2.24) is 4.98 Å². The van der Waals surface area contributed by atoms with Gasteiger partial charge in [-0.15, -0.1) is 0 Å². The smallest absolute Gasteiger partial charge is 0.462 e. The minimum Gasteiger partial charge on any atom is -0.462 e. The fraction of sp³-hybridized carbons (Fsp3) is 0.158. The highest BCUT2D eigenvalue weighted by Gasteiger charge is 2.39. The lowest BCUT2D eigenvalue weighted by Crippen LogP contribution is -2.31. The van der Waals surface area contributed by atoms with Crippen LogP contribution in [0.25, 0.3) is 22.0 Å². The third-order valence-electron chi connectivity index (χ3n) is 3.87. The van der Waals surface area contributed by atoms with Gasteiger partial charge in [-0.3, -0.25) is 0 Å². The van der Waals surface area contributed by atoms with Gasteiger partial charge in [0.1, 0.15) is 0 Å². The summed E-state index contributed by atoms with van der Waals surface area (Å²) in [4.78, 5) is 15.3. The molecule has 2 aromatic carbocycles. The van der Waals surface area contributed by atoms with E-state index in [1.54, 1.807) is 30.3 Å². The Hall–Kier alpha value is -3.00. The standard InChI is InChI=1S/C19H13ClF3NO4/c1-10(19(21,22)23)27-17-16(28-18(25)26)15(11-5-3-2-4-6-11)13-9-12(20)7-8-14(13)24-17/h2-10H,1H3,(H,25,26). The molecule has 1 atom stereocenters. The zero-order valence-corrected chi connectivity index (χ0v) is 15.1. The molecule has 0 saturated heterocycles. The van der Waals surface area contributed by atoms with Crippen LogP contribution in [0.1, 0.15) is 6.92 Å². The molecule has 1 aromatic heterocycles. The Bertz CT molecular complexity index is 1030. The maximum atomic E-state index is 13.0. The van der Waals surface area contributed by atoms with Gasteiger partial charge < -0.3 is 14.6 Å². The summed E-state index contributed by atoms with van der Waals surface area (Å²) in [6.07, 6.45) is -8.63. The average Bonchev–Trinajstić information content (AvgIpc) is 2.62. The number of hydrogen-bond donors (Lipinski definition) is 1. The van der Waals surface area contributed by atoms with Crippen LogP contribution in [0.3, 0.4) is 0 Å². The molecular formula is C19H13ClF3NO4. The zero-order chi connectivity index (χ0) is 20.5. The van der Waals surface area contributed by atoms with E-state index in [9.17, 15) is 18.0 Å². The number of nitrogens with zero attached hydrogens (tertiary/aromatic N) is 1. The van der Waals surface area contributed by atoms with Crippen LogP contribution in [-0.2, 0) is 0 Å². The molecule has 0 radical (unpaired) electrons. The summed E-state index contributed by atoms with van der Waals surface area (Å²) >= 11 is 6.06. The number of benzene rings is 2. The Balaban J connectivity index is 2.33. The van der Waals surface area contributed by atoms with Gasteiger partial charge in [-0.05, 0) is 30.7 Å². The molecule has 0 saturated carbocycles. The van der Waals surface area contributed by atoms with Gasteiger partial charge in [-0.25, -0.2) is 9.78 Å². The second-order valence-corrected chi connectivity index (χ2v) is 6.25. The van der Waals surface area contributed by atoms with Gasteiger partial charge in [0.15, 0.2) is 6.10 Å². The first-order valence-electron chi connectivity index (χ1n) is 7.99. The average molecular weight is 412 g/mol. The number of alkyl halides is 3. The van der Waals surface area contributed by atoms with Crippen LogP contribution in [-0.4, -0.2) is 28.5 Å². The third-order valence-corrected chi connectivity index (χ3v) is 4.11. The molecule has 3 rings (SSSR count). The minimum absolute atomic E-state index is 0.208. The largest absolute Gasteiger partial charge is 0.511 e. The van der Waals surface area contributed by atoms with Crippen molar-refractivity contribution in [3.05, 3.63) is 53.6 Å². The highest BCUT2D eigenvalue weighted by molar-refractivity contribution is 6.31. The van der Waals surface area contributed by atoms with E-state index >= 15 is 0 Å². The number of carboxylic acid groups (broad SMARTS) is 1. The van der Waals surface area contributed by atoms with Crippen molar-refractivity contribution in [2.45, 2.75) is 19.2 Å². The molecule has 9 heteroatoms. The summed E-state index contributed by atoms with van der Waals surface area (Å²) in [6.45, 7) is 0.792. The number of carbonyl (C=O) groups is 1. The van der Waals surface area contributed by atoms with Crippen LogP contribution < -0.4 is 9.47 Å². The predicted octanol–water partition coefficient (Wildman–Crippen LogP) is 5.94. The van der Waals surface area contributed by atoms with Gasteiger partial charge in [0.05, 0.1) is 5.52 Å². The van der Waals surface area contributed by atoms with Gasteiger partial charge in [-0.1, -0.05) is 41.9 Å². The van der Waals surface area contributed by atoms with Gasteiger partial charge in [-0.2, -0.15) is 13.2 Å². The summed E-state index contributed by atoms with van der Waals surface area (Å²) in [7, 11) is 0. The second-order valence-electron chi connectivity index (χ2n) is 5.82. The first-order valence-corrected chi connectivity index (χ1v) is 8.37. The molecule has 5 nitrogen and oxygen atoms in total. The van der Waals surface area contributed by atoms with Gasteiger partial charge in [0.2, 0.25) is 5.75 Å². The van der Waals surface area contributed by atoms with E-state index in [1.165, 1.54) is 18.2 Å². The third kappa shape index (κ3) is 4.12. The van der Waals surface area contributed by atoms with Crippen molar-refractivity contribution in [1.29, 1.82) is 0 Å². The molecule has 0 bridgehead atoms. The number of pyridine rings is 1. The normalized spacial score (nSPS) is 12.6. The molecular weight excluding hydrogens is 399 g/mol. The molecule has 0 amide bonds. The lowest BCUT2D eigenvalue weighted by atomic mass is 10.00. The Morgan fingerprint density at radius 2 is 1.86 bits per heavy atom. The van der Waals surface area contributed by atoms with Crippen LogP contribution >= 0.6 is 11.6 Å². The number of rotatable bonds is 4. The summed E-state index contributed by atoms with van der Waals surface area (Å²) in [6, 6.07) is 13.0. The van der Waals surface area contributed by atoms with Crippen molar-refractivity contribution < 1.29 is 32.5 Å². The van der Waals surface area contributed by atoms with Crippen LogP contribution in [0, 0.1) is 0 Å². The lowest BCUT2D eigenvalue weighted by Gasteiger charge is -2.21. The molecule has 146 valence electrons. The maximum absolute atomic E-state index is 13.0. The lowest BCUT2D eigenvalue weighted by molar-refractivity contribution is -0.190. The summed E-state index contributed by atoms with van der Waals surface area (Å²) in [5.74, 6) is -1.02. The molecule has 0 aliphatic rings. The molecule has 28 heavy (non-hydrogen) atoms. The Labute approximate surface area is 162 Å². The minimum atomic E-state index is -4.68. The van der Waals surface area contributed by atoms with E-state index < -0.39 is 30.1 Å². The van der Waals surface area contributed by atoms with Crippen molar-refractivity contribution in [2.24, 2.45) is 0 Å². The number of fused-ring (bicyclic) bond motifs is 1. The summed E-state index contributed by atoms with van der Waals surface area (Å²) in [5.41, 5.74) is 0.975. The number of halogens is 4. The first-order chi connectivity index (χ1) is 13.2. The number of ether oxygens (including phenoxy) is 2. The van der Waals surface area contributed by atoms with E-state index in [1.807, 2.05) is 0 Å². The Morgan fingerprint density at radius 3 is 2.46 bits per heavy atom. The fourth-order valence-corrected chi connectivity index (χ4v) is 2.76.